The molecule has 20 heavy (non-hydrogen) atoms. The third kappa shape index (κ3) is 10.6. The van der Waals surface area contributed by atoms with Crippen LogP contribution in [0.5, 0.6) is 0 Å². The number of esters is 1. The number of ether oxygens (including phenoxy) is 2. The number of hydrogen-bond acceptors (Lipinski definition) is 4. The molecule has 0 aliphatic heterocycles. The summed E-state index contributed by atoms with van der Waals surface area (Å²) in [5.41, 5.74) is 0. The number of likely N-dealkylation sites (N-methyl/N-ethyl adjacent to an activating group) is 1. The van der Waals surface area contributed by atoms with Crippen molar-refractivity contribution in [2.45, 2.75) is 58.8 Å². The first kappa shape index (κ1) is 18.7. The van der Waals surface area contributed by atoms with Gasteiger partial charge in [-0.05, 0) is 12.8 Å². The van der Waals surface area contributed by atoms with E-state index in [4.69, 9.17) is 9.47 Å². The normalized spacial score (nSPS) is 10.2. The first-order chi connectivity index (χ1) is 9.61. The second-order valence-corrected chi connectivity index (χ2v) is 4.96. The molecule has 0 saturated heterocycles. The zero-order chi connectivity index (χ0) is 15.2. The number of nitrogens with zero attached hydrogens (tertiary/aromatic N) is 1. The number of carbonyl (C=O) groups excluding carboxylic acids is 2. The van der Waals surface area contributed by atoms with Gasteiger partial charge in [0.05, 0.1) is 13.2 Å². The first-order valence-corrected chi connectivity index (χ1v) is 7.65. The van der Waals surface area contributed by atoms with Crippen molar-refractivity contribution in [3.05, 3.63) is 0 Å². The fraction of sp³-hybridized carbons (Fsp3) is 0.867. The maximum Gasteiger partial charge on any atom is 0.410 e. The predicted molar refractivity (Wildman–Crippen MR) is 78.6 cm³/mol. The minimum absolute atomic E-state index is 0.0556. The van der Waals surface area contributed by atoms with Gasteiger partial charge in [0.1, 0.15) is 6.54 Å². The second kappa shape index (κ2) is 12.8. The molecule has 0 rings (SSSR count). The van der Waals surface area contributed by atoms with Crippen molar-refractivity contribution < 1.29 is 19.1 Å². The van der Waals surface area contributed by atoms with Crippen LogP contribution in [-0.2, 0) is 14.3 Å². The Morgan fingerprint density at radius 2 is 1.45 bits per heavy atom. The van der Waals surface area contributed by atoms with Crippen LogP contribution in [0.2, 0.25) is 0 Å². The van der Waals surface area contributed by atoms with Crippen LogP contribution in [0.4, 0.5) is 4.79 Å². The highest BCUT2D eigenvalue weighted by molar-refractivity contribution is 5.77. The molecule has 0 aromatic carbocycles. The molecule has 0 aliphatic rings. The van der Waals surface area contributed by atoms with Gasteiger partial charge in [-0.2, -0.15) is 0 Å². The molecule has 0 N–H and O–H groups in total. The lowest BCUT2D eigenvalue weighted by molar-refractivity contribution is -0.144. The zero-order valence-corrected chi connectivity index (χ0v) is 13.2. The molecule has 0 heterocycles. The molecular weight excluding hydrogens is 258 g/mol. The standard InChI is InChI=1S/C15H29NO4/c1-4-6-8-9-10-12-19-14(17)13-16(3)15(18)20-11-7-5-2/h4-13H2,1-3H3. The summed E-state index contributed by atoms with van der Waals surface area (Å²) >= 11 is 0. The Balaban J connectivity index is 3.60. The third-order valence-electron chi connectivity index (χ3n) is 2.91. The molecule has 0 atom stereocenters. The maximum atomic E-state index is 11.5. The fourth-order valence-corrected chi connectivity index (χ4v) is 1.61. The average molecular weight is 287 g/mol. The first-order valence-electron chi connectivity index (χ1n) is 7.65. The topological polar surface area (TPSA) is 55.8 Å². The Morgan fingerprint density at radius 3 is 2.10 bits per heavy atom. The molecule has 0 unspecified atom stereocenters. The second-order valence-electron chi connectivity index (χ2n) is 4.96. The van der Waals surface area contributed by atoms with E-state index >= 15 is 0 Å². The van der Waals surface area contributed by atoms with E-state index in [1.54, 1.807) is 0 Å². The molecular formula is C15H29NO4. The molecule has 0 radical (unpaired) electrons. The molecule has 0 aliphatic carbocycles. The third-order valence-corrected chi connectivity index (χ3v) is 2.91. The van der Waals surface area contributed by atoms with E-state index in [9.17, 15) is 9.59 Å². The van der Waals surface area contributed by atoms with Crippen LogP contribution in [0, 0.1) is 0 Å². The Labute approximate surface area is 122 Å². The molecule has 5 heteroatoms. The monoisotopic (exact) mass is 287 g/mol. The van der Waals surface area contributed by atoms with Crippen molar-refractivity contribution in [1.29, 1.82) is 0 Å². The molecule has 0 bridgehead atoms. The quantitative estimate of drug-likeness (QED) is 0.432. The molecule has 0 aromatic heterocycles. The minimum atomic E-state index is -0.474. The van der Waals surface area contributed by atoms with Gasteiger partial charge in [0.15, 0.2) is 0 Å². The molecule has 0 aromatic rings. The van der Waals surface area contributed by atoms with Gasteiger partial charge >= 0.3 is 12.1 Å². The lowest BCUT2D eigenvalue weighted by Crippen LogP contribution is -2.33. The van der Waals surface area contributed by atoms with Gasteiger partial charge in [-0.3, -0.25) is 4.79 Å². The highest BCUT2D eigenvalue weighted by Crippen LogP contribution is 2.02. The van der Waals surface area contributed by atoms with Gasteiger partial charge in [-0.25, -0.2) is 4.79 Å². The number of rotatable bonds is 11. The Kier molecular flexibility index (Phi) is 12.0. The number of amides is 1. The molecule has 118 valence electrons. The van der Waals surface area contributed by atoms with Crippen molar-refractivity contribution >= 4 is 12.1 Å². The number of carbonyl (C=O) groups is 2. The summed E-state index contributed by atoms with van der Waals surface area (Å²) in [4.78, 5) is 24.2. The molecule has 1 amide bonds. The van der Waals surface area contributed by atoms with Gasteiger partial charge in [0.2, 0.25) is 0 Å². The van der Waals surface area contributed by atoms with Crippen molar-refractivity contribution in [2.24, 2.45) is 0 Å². The van der Waals surface area contributed by atoms with Crippen LogP contribution in [0.3, 0.4) is 0 Å². The SMILES string of the molecule is CCCCCCCOC(=O)CN(C)C(=O)OCCCC. The largest absolute Gasteiger partial charge is 0.464 e. The van der Waals surface area contributed by atoms with E-state index in [-0.39, 0.29) is 12.5 Å². The van der Waals surface area contributed by atoms with Gasteiger partial charge in [0.25, 0.3) is 0 Å². The van der Waals surface area contributed by atoms with E-state index in [1.807, 2.05) is 6.92 Å². The van der Waals surface area contributed by atoms with Crippen LogP contribution >= 0.6 is 0 Å². The summed E-state index contributed by atoms with van der Waals surface area (Å²) in [5.74, 6) is -0.379. The Hall–Kier alpha value is -1.26. The van der Waals surface area contributed by atoms with Crippen molar-refractivity contribution in [1.82, 2.24) is 4.90 Å². The predicted octanol–water partition coefficient (Wildman–Crippen LogP) is 3.37. The van der Waals surface area contributed by atoms with Crippen LogP contribution in [0.15, 0.2) is 0 Å². The van der Waals surface area contributed by atoms with Gasteiger partial charge in [-0.15, -0.1) is 0 Å². The van der Waals surface area contributed by atoms with Crippen LogP contribution in [0.1, 0.15) is 58.8 Å². The van der Waals surface area contributed by atoms with E-state index in [2.05, 4.69) is 6.92 Å². The van der Waals surface area contributed by atoms with Gasteiger partial charge in [0, 0.05) is 7.05 Å². The summed E-state index contributed by atoms with van der Waals surface area (Å²) in [7, 11) is 1.54. The fourth-order valence-electron chi connectivity index (χ4n) is 1.61. The van der Waals surface area contributed by atoms with E-state index < -0.39 is 6.09 Å². The van der Waals surface area contributed by atoms with Gasteiger partial charge in [-0.1, -0.05) is 46.0 Å². The lowest BCUT2D eigenvalue weighted by Gasteiger charge is -2.16. The maximum absolute atomic E-state index is 11.5. The van der Waals surface area contributed by atoms with Crippen LogP contribution < -0.4 is 0 Å². The Morgan fingerprint density at radius 1 is 0.850 bits per heavy atom. The minimum Gasteiger partial charge on any atom is -0.464 e. The summed E-state index contributed by atoms with van der Waals surface area (Å²) < 4.78 is 10.1. The Bertz CT molecular complexity index is 269. The number of hydrogen-bond donors (Lipinski definition) is 0. The summed E-state index contributed by atoms with van der Waals surface area (Å²) in [6.07, 6.45) is 6.90. The lowest BCUT2D eigenvalue weighted by atomic mass is 10.2. The van der Waals surface area contributed by atoms with Crippen LogP contribution in [0.25, 0.3) is 0 Å². The van der Waals surface area contributed by atoms with Crippen molar-refractivity contribution in [3.8, 4) is 0 Å². The summed E-state index contributed by atoms with van der Waals surface area (Å²) in [6.45, 7) is 4.96. The van der Waals surface area contributed by atoms with E-state index in [0.717, 1.165) is 25.7 Å². The summed E-state index contributed by atoms with van der Waals surface area (Å²) in [6, 6.07) is 0. The molecule has 5 nitrogen and oxygen atoms in total. The van der Waals surface area contributed by atoms with Crippen molar-refractivity contribution in [2.75, 3.05) is 26.8 Å². The van der Waals surface area contributed by atoms with E-state index in [0.29, 0.717) is 13.2 Å². The average Bonchev–Trinajstić information content (AvgIpc) is 2.42. The zero-order valence-electron chi connectivity index (χ0n) is 13.2. The van der Waals surface area contributed by atoms with Crippen molar-refractivity contribution in [3.63, 3.8) is 0 Å². The smallest absolute Gasteiger partial charge is 0.410 e. The number of unbranched alkanes of at least 4 members (excludes halogenated alkanes) is 5. The van der Waals surface area contributed by atoms with Crippen LogP contribution in [-0.4, -0.2) is 43.8 Å². The molecule has 0 fully saturated rings. The molecule has 0 saturated carbocycles. The molecule has 0 spiro atoms. The van der Waals surface area contributed by atoms with E-state index in [1.165, 1.54) is 31.2 Å². The van der Waals surface area contributed by atoms with Gasteiger partial charge < -0.3 is 14.4 Å². The summed E-state index contributed by atoms with van der Waals surface area (Å²) in [5, 5.41) is 0. The highest BCUT2D eigenvalue weighted by atomic mass is 16.6. The highest BCUT2D eigenvalue weighted by Gasteiger charge is 2.14.